The Morgan fingerprint density at radius 3 is 3.10 bits per heavy atom. The van der Waals surface area contributed by atoms with E-state index in [9.17, 15) is 9.18 Å². The van der Waals surface area contributed by atoms with Crippen LogP contribution in [0.5, 0.6) is 0 Å². The second kappa shape index (κ2) is 8.76. The van der Waals surface area contributed by atoms with Crippen LogP contribution in [0.2, 0.25) is 0 Å². The number of ether oxygens (including phenoxy) is 2. The molecule has 3 aromatic rings. The van der Waals surface area contributed by atoms with Gasteiger partial charge in [-0.3, -0.25) is 9.58 Å². The van der Waals surface area contributed by atoms with Crippen LogP contribution in [-0.4, -0.2) is 52.3 Å². The number of hydrogen-bond acceptors (Lipinski definition) is 7. The number of carbonyl (C=O) groups is 1. The zero-order valence-corrected chi connectivity index (χ0v) is 17.6. The van der Waals surface area contributed by atoms with Gasteiger partial charge >= 0.3 is 6.09 Å². The molecule has 1 aromatic carbocycles. The maximum atomic E-state index is 14.8. The van der Waals surface area contributed by atoms with Crippen molar-refractivity contribution in [1.82, 2.24) is 20.1 Å². The number of rotatable bonds is 6. The van der Waals surface area contributed by atoms with Gasteiger partial charge in [-0.1, -0.05) is 0 Å². The summed E-state index contributed by atoms with van der Waals surface area (Å²) in [6.07, 6.45) is 2.58. The van der Waals surface area contributed by atoms with Gasteiger partial charge in [-0.05, 0) is 36.5 Å². The third-order valence-corrected chi connectivity index (χ3v) is 5.70. The lowest BCUT2D eigenvalue weighted by Crippen LogP contribution is -2.34. The smallest absolute Gasteiger partial charge is 0.414 e. The van der Waals surface area contributed by atoms with Crippen molar-refractivity contribution in [1.29, 1.82) is 0 Å². The van der Waals surface area contributed by atoms with Gasteiger partial charge in [-0.25, -0.2) is 14.2 Å². The van der Waals surface area contributed by atoms with Gasteiger partial charge < -0.3 is 14.8 Å². The van der Waals surface area contributed by atoms with Crippen LogP contribution in [0.3, 0.4) is 0 Å². The van der Waals surface area contributed by atoms with Gasteiger partial charge in [0.1, 0.15) is 16.9 Å². The van der Waals surface area contributed by atoms with Crippen LogP contribution in [0, 0.1) is 5.82 Å². The summed E-state index contributed by atoms with van der Waals surface area (Å²) in [7, 11) is 1.45. The maximum absolute atomic E-state index is 14.8. The molecule has 1 saturated heterocycles. The molecule has 0 radical (unpaired) electrons. The Morgan fingerprint density at radius 1 is 1.50 bits per heavy atom. The summed E-state index contributed by atoms with van der Waals surface area (Å²) < 4.78 is 26.7. The van der Waals surface area contributed by atoms with Gasteiger partial charge in [0.2, 0.25) is 0 Å². The zero-order valence-electron chi connectivity index (χ0n) is 15.9. The average molecular weight is 448 g/mol. The van der Waals surface area contributed by atoms with Crippen molar-refractivity contribution in [3.05, 3.63) is 53.6 Å². The van der Waals surface area contributed by atoms with Crippen LogP contribution >= 0.6 is 23.6 Å². The molecule has 0 bridgehead atoms. The standard InChI is InChI=1S/C19H18FN5O3S2/c1-27-18(29)21-8-14-10-25(19(26)28-14)13-3-4-15(16(20)7-13)17-23-12(11-30-17)9-24-6-2-5-22-24/h2-7,11,14H,8-10H2,1H3,(H,21,29)/t14-/m0/s1. The molecule has 1 fully saturated rings. The topological polar surface area (TPSA) is 81.5 Å². The number of carbonyl (C=O) groups excluding carboxylic acids is 1. The quantitative estimate of drug-likeness (QED) is 0.582. The lowest BCUT2D eigenvalue weighted by Gasteiger charge is -2.14. The Balaban J connectivity index is 1.45. The molecule has 2 aromatic heterocycles. The molecule has 0 saturated carbocycles. The molecule has 3 heterocycles. The van der Waals surface area contributed by atoms with E-state index in [1.807, 2.05) is 17.6 Å². The summed E-state index contributed by atoms with van der Waals surface area (Å²) in [5.74, 6) is -0.456. The molecule has 11 heteroatoms. The Kier molecular flexibility index (Phi) is 5.91. The van der Waals surface area contributed by atoms with Crippen molar-refractivity contribution in [3.8, 4) is 10.6 Å². The molecule has 30 heavy (non-hydrogen) atoms. The highest BCUT2D eigenvalue weighted by atomic mass is 32.1. The first kappa shape index (κ1) is 20.2. The van der Waals surface area contributed by atoms with Gasteiger partial charge in [-0.2, -0.15) is 5.10 Å². The second-order valence-corrected chi connectivity index (χ2v) is 7.73. The number of anilines is 1. The fraction of sp³-hybridized carbons (Fsp3) is 0.263. The van der Waals surface area contributed by atoms with Crippen LogP contribution in [0.25, 0.3) is 10.6 Å². The van der Waals surface area contributed by atoms with E-state index >= 15 is 0 Å². The largest absolute Gasteiger partial charge is 0.474 e. The van der Waals surface area contributed by atoms with E-state index in [2.05, 4.69) is 15.4 Å². The number of aromatic nitrogens is 3. The van der Waals surface area contributed by atoms with E-state index < -0.39 is 18.0 Å². The highest BCUT2D eigenvalue weighted by molar-refractivity contribution is 7.80. The average Bonchev–Trinajstić information content (AvgIpc) is 3.48. The molecular formula is C19H18FN5O3S2. The normalized spacial score (nSPS) is 15.9. The third kappa shape index (κ3) is 4.41. The van der Waals surface area contributed by atoms with Crippen LogP contribution in [-0.2, 0) is 16.0 Å². The number of hydrogen-bond donors (Lipinski definition) is 1. The molecule has 0 unspecified atom stereocenters. The maximum Gasteiger partial charge on any atom is 0.414 e. The minimum atomic E-state index is -0.534. The molecule has 1 aliphatic heterocycles. The van der Waals surface area contributed by atoms with E-state index in [4.69, 9.17) is 21.7 Å². The van der Waals surface area contributed by atoms with Crippen LogP contribution < -0.4 is 10.2 Å². The van der Waals surface area contributed by atoms with E-state index in [0.717, 1.165) is 5.69 Å². The fourth-order valence-electron chi connectivity index (χ4n) is 3.02. The van der Waals surface area contributed by atoms with E-state index in [1.54, 1.807) is 23.0 Å². The fourth-order valence-corrected chi connectivity index (χ4v) is 3.94. The van der Waals surface area contributed by atoms with Crippen molar-refractivity contribution in [2.24, 2.45) is 0 Å². The molecule has 4 rings (SSSR count). The Hall–Kier alpha value is -3.05. The van der Waals surface area contributed by atoms with Crippen molar-refractivity contribution < 1.29 is 18.7 Å². The first-order valence-corrected chi connectivity index (χ1v) is 10.3. The molecule has 8 nitrogen and oxygen atoms in total. The van der Waals surface area contributed by atoms with E-state index in [0.29, 0.717) is 29.3 Å². The van der Waals surface area contributed by atoms with Gasteiger partial charge in [0.25, 0.3) is 5.17 Å². The molecule has 1 atom stereocenters. The molecule has 0 spiro atoms. The monoisotopic (exact) mass is 447 g/mol. The molecular weight excluding hydrogens is 429 g/mol. The summed E-state index contributed by atoms with van der Waals surface area (Å²) >= 11 is 6.27. The van der Waals surface area contributed by atoms with Gasteiger partial charge in [-0.15, -0.1) is 11.3 Å². The lowest BCUT2D eigenvalue weighted by molar-refractivity contribution is 0.142. The number of amides is 1. The van der Waals surface area contributed by atoms with E-state index in [-0.39, 0.29) is 11.7 Å². The summed E-state index contributed by atoms with van der Waals surface area (Å²) in [5.41, 5.74) is 1.60. The molecule has 1 amide bonds. The third-order valence-electron chi connectivity index (χ3n) is 4.46. The Labute approximate surface area is 181 Å². The van der Waals surface area contributed by atoms with Crippen molar-refractivity contribution in [2.75, 3.05) is 25.1 Å². The number of thiocarbonyl (C=S) groups is 1. The number of benzene rings is 1. The first-order chi connectivity index (χ1) is 14.5. The SMILES string of the molecule is COC(=S)NC[C@H]1CN(c2ccc(-c3nc(Cn4cccn4)cs3)c(F)c2)C(=O)O1. The molecule has 0 aliphatic carbocycles. The number of nitrogens with one attached hydrogen (secondary N) is 1. The predicted molar refractivity (Wildman–Crippen MR) is 114 cm³/mol. The predicted octanol–water partition coefficient (Wildman–Crippen LogP) is 3.04. The van der Waals surface area contributed by atoms with E-state index in [1.165, 1.54) is 29.4 Å². The van der Waals surface area contributed by atoms with Crippen molar-refractivity contribution >= 4 is 40.5 Å². The minimum Gasteiger partial charge on any atom is -0.474 e. The second-order valence-electron chi connectivity index (χ2n) is 6.50. The van der Waals surface area contributed by atoms with Crippen LogP contribution in [0.4, 0.5) is 14.9 Å². The number of thiazole rings is 1. The summed E-state index contributed by atoms with van der Waals surface area (Å²) in [4.78, 5) is 18.1. The van der Waals surface area contributed by atoms with Crippen molar-refractivity contribution in [3.63, 3.8) is 0 Å². The minimum absolute atomic E-state index is 0.218. The van der Waals surface area contributed by atoms with Gasteiger partial charge in [0, 0.05) is 23.3 Å². The van der Waals surface area contributed by atoms with Crippen molar-refractivity contribution in [2.45, 2.75) is 12.6 Å². The lowest BCUT2D eigenvalue weighted by atomic mass is 10.2. The summed E-state index contributed by atoms with van der Waals surface area (Å²) in [5, 5.41) is 9.66. The molecule has 156 valence electrons. The number of halogens is 1. The summed E-state index contributed by atoms with van der Waals surface area (Å²) in [6.45, 7) is 1.11. The number of methoxy groups -OCH3 is 1. The molecule has 1 N–H and O–H groups in total. The first-order valence-electron chi connectivity index (χ1n) is 9.05. The summed E-state index contributed by atoms with van der Waals surface area (Å²) in [6, 6.07) is 6.46. The zero-order chi connectivity index (χ0) is 21.1. The highest BCUT2D eigenvalue weighted by Crippen LogP contribution is 2.31. The highest BCUT2D eigenvalue weighted by Gasteiger charge is 2.32. The molecule has 1 aliphatic rings. The van der Waals surface area contributed by atoms with Gasteiger partial charge in [0.05, 0.1) is 38.1 Å². The van der Waals surface area contributed by atoms with Crippen LogP contribution in [0.15, 0.2) is 42.0 Å². The number of cyclic esters (lactones) is 1. The van der Waals surface area contributed by atoms with Gasteiger partial charge in [0.15, 0.2) is 0 Å². The number of nitrogens with zero attached hydrogens (tertiary/aromatic N) is 4. The van der Waals surface area contributed by atoms with Crippen LogP contribution in [0.1, 0.15) is 5.69 Å². The Morgan fingerprint density at radius 2 is 2.37 bits per heavy atom. The Bertz CT molecular complexity index is 1060.